The minimum atomic E-state index is -1.15. The normalized spacial score (nSPS) is 14.5. The van der Waals surface area contributed by atoms with Gasteiger partial charge in [0.1, 0.15) is 17.7 Å². The molecule has 1 aromatic heterocycles. The summed E-state index contributed by atoms with van der Waals surface area (Å²) in [6.07, 6.45) is -0.705. The Labute approximate surface area is 224 Å². The molecule has 0 spiro atoms. The van der Waals surface area contributed by atoms with Crippen LogP contribution in [0.15, 0.2) is 66.7 Å². The number of hydrogen-bond acceptors (Lipinski definition) is 4. The summed E-state index contributed by atoms with van der Waals surface area (Å²) in [6, 6.07) is 18.7. The number of nitrogens with zero attached hydrogens (tertiary/aromatic N) is 2. The van der Waals surface area contributed by atoms with Crippen molar-refractivity contribution in [1.82, 2.24) is 9.78 Å². The van der Waals surface area contributed by atoms with Crippen LogP contribution in [0.1, 0.15) is 42.7 Å². The molecule has 1 atom stereocenters. The Morgan fingerprint density at radius 1 is 0.974 bits per heavy atom. The molecule has 0 bridgehead atoms. The van der Waals surface area contributed by atoms with Gasteiger partial charge in [0.15, 0.2) is 0 Å². The van der Waals surface area contributed by atoms with E-state index < -0.39 is 35.2 Å². The third-order valence-electron chi connectivity index (χ3n) is 7.23. The number of anilines is 1. The molecule has 1 unspecified atom stereocenters. The molecule has 4 aromatic rings. The summed E-state index contributed by atoms with van der Waals surface area (Å²) in [7, 11) is 1.75. The maximum Gasteiger partial charge on any atom is 0.412 e. The number of rotatable bonds is 7. The summed E-state index contributed by atoms with van der Waals surface area (Å²) in [4.78, 5) is 24.3. The fraction of sp³-hybridized carbons (Fsp3) is 0.233. The van der Waals surface area contributed by atoms with Gasteiger partial charge >= 0.3 is 12.1 Å². The van der Waals surface area contributed by atoms with E-state index >= 15 is 0 Å². The molecule has 0 saturated heterocycles. The first-order valence-electron chi connectivity index (χ1n) is 12.5. The monoisotopic (exact) mass is 531 g/mol. The van der Waals surface area contributed by atoms with Gasteiger partial charge in [0.25, 0.3) is 0 Å². The number of carbonyl (C=O) groups is 2. The zero-order valence-corrected chi connectivity index (χ0v) is 21.7. The van der Waals surface area contributed by atoms with Crippen LogP contribution in [0.25, 0.3) is 22.4 Å². The van der Waals surface area contributed by atoms with E-state index in [1.165, 1.54) is 13.0 Å². The second-order valence-corrected chi connectivity index (χ2v) is 9.78. The van der Waals surface area contributed by atoms with Crippen LogP contribution in [0.2, 0.25) is 0 Å². The van der Waals surface area contributed by atoms with Crippen molar-refractivity contribution in [1.29, 1.82) is 0 Å². The number of ether oxygens (including phenoxy) is 1. The Morgan fingerprint density at radius 3 is 2.05 bits per heavy atom. The van der Waals surface area contributed by atoms with Crippen molar-refractivity contribution in [2.24, 2.45) is 7.05 Å². The summed E-state index contributed by atoms with van der Waals surface area (Å²) >= 11 is 0. The van der Waals surface area contributed by atoms with Gasteiger partial charge in [-0.1, -0.05) is 54.6 Å². The SMILES string of the molecule is Cc1nn(C)c(-c2ccc(-c3ccc(C4(C(=O)O)CC4)cc3)cc2)c1NC(=O)OC(C)c1c(F)cccc1F. The molecule has 1 heterocycles. The molecular weight excluding hydrogens is 504 g/mol. The lowest BCUT2D eigenvalue weighted by Crippen LogP contribution is -2.19. The molecule has 1 aliphatic carbocycles. The molecule has 1 amide bonds. The van der Waals surface area contributed by atoms with Crippen molar-refractivity contribution >= 4 is 17.7 Å². The number of benzene rings is 3. The van der Waals surface area contributed by atoms with Gasteiger partial charge < -0.3 is 9.84 Å². The predicted octanol–water partition coefficient (Wildman–Crippen LogP) is 6.77. The van der Waals surface area contributed by atoms with Crippen molar-refractivity contribution < 1.29 is 28.2 Å². The number of nitrogens with one attached hydrogen (secondary N) is 1. The summed E-state index contributed by atoms with van der Waals surface area (Å²) in [5.41, 5.74) is 4.02. The Balaban J connectivity index is 1.34. The number of aryl methyl sites for hydroxylation is 2. The van der Waals surface area contributed by atoms with Gasteiger partial charge in [-0.2, -0.15) is 5.10 Å². The highest BCUT2D eigenvalue weighted by atomic mass is 19.1. The Morgan fingerprint density at radius 2 is 1.51 bits per heavy atom. The molecule has 5 rings (SSSR count). The third kappa shape index (κ3) is 4.87. The third-order valence-corrected chi connectivity index (χ3v) is 7.23. The second-order valence-electron chi connectivity index (χ2n) is 9.78. The first-order valence-corrected chi connectivity index (χ1v) is 12.5. The number of aromatic nitrogens is 2. The van der Waals surface area contributed by atoms with Crippen molar-refractivity contribution in [3.05, 3.63) is 95.2 Å². The van der Waals surface area contributed by atoms with Gasteiger partial charge in [-0.25, -0.2) is 13.6 Å². The van der Waals surface area contributed by atoms with Crippen LogP contribution < -0.4 is 5.32 Å². The highest BCUT2D eigenvalue weighted by Gasteiger charge is 2.51. The number of carbonyl (C=O) groups excluding carboxylic acids is 1. The van der Waals surface area contributed by atoms with E-state index in [9.17, 15) is 23.5 Å². The topological polar surface area (TPSA) is 93.5 Å². The van der Waals surface area contributed by atoms with Crippen LogP contribution >= 0.6 is 0 Å². The zero-order chi connectivity index (χ0) is 27.9. The summed E-state index contributed by atoms with van der Waals surface area (Å²) < 4.78 is 35.1. The average molecular weight is 532 g/mol. The number of carboxylic acid groups (broad SMARTS) is 1. The van der Waals surface area contributed by atoms with Crippen LogP contribution in [-0.4, -0.2) is 26.9 Å². The Hall–Kier alpha value is -4.53. The number of hydrogen-bond donors (Lipinski definition) is 2. The molecule has 200 valence electrons. The molecule has 3 aromatic carbocycles. The average Bonchev–Trinajstić information content (AvgIpc) is 3.66. The quantitative estimate of drug-likeness (QED) is 0.275. The van der Waals surface area contributed by atoms with Crippen LogP contribution in [-0.2, 0) is 22.0 Å². The van der Waals surface area contributed by atoms with Crippen LogP contribution in [0.4, 0.5) is 19.3 Å². The minimum Gasteiger partial charge on any atom is -0.481 e. The van der Waals surface area contributed by atoms with E-state index in [2.05, 4.69) is 10.4 Å². The lowest BCUT2D eigenvalue weighted by atomic mass is 9.93. The van der Waals surface area contributed by atoms with E-state index in [1.54, 1.807) is 18.7 Å². The molecule has 1 aliphatic rings. The van der Waals surface area contributed by atoms with Crippen molar-refractivity contribution in [3.63, 3.8) is 0 Å². The molecule has 2 N–H and O–H groups in total. The first kappa shape index (κ1) is 26.1. The zero-order valence-electron chi connectivity index (χ0n) is 21.7. The molecule has 7 nitrogen and oxygen atoms in total. The summed E-state index contributed by atoms with van der Waals surface area (Å²) in [5.74, 6) is -2.37. The fourth-order valence-electron chi connectivity index (χ4n) is 4.94. The Bertz CT molecular complexity index is 1540. The number of aliphatic carboxylic acids is 1. The molecule has 9 heteroatoms. The van der Waals surface area contributed by atoms with Crippen LogP contribution in [0.3, 0.4) is 0 Å². The van der Waals surface area contributed by atoms with Crippen LogP contribution in [0, 0.1) is 18.6 Å². The van der Waals surface area contributed by atoms with Crippen LogP contribution in [0.5, 0.6) is 0 Å². The first-order chi connectivity index (χ1) is 18.6. The maximum atomic E-state index is 14.1. The van der Waals surface area contributed by atoms with Crippen molar-refractivity contribution in [2.45, 2.75) is 38.2 Å². The lowest BCUT2D eigenvalue weighted by molar-refractivity contribution is -0.140. The fourth-order valence-corrected chi connectivity index (χ4v) is 4.94. The Kier molecular flexibility index (Phi) is 6.68. The van der Waals surface area contributed by atoms with Gasteiger partial charge in [0.05, 0.1) is 28.1 Å². The second kappa shape index (κ2) is 9.98. The highest BCUT2D eigenvalue weighted by Crippen LogP contribution is 2.48. The molecular formula is C30H27F2N3O4. The lowest BCUT2D eigenvalue weighted by Gasteiger charge is -2.16. The van der Waals surface area contributed by atoms with E-state index in [1.807, 2.05) is 48.5 Å². The molecule has 0 radical (unpaired) electrons. The minimum absolute atomic E-state index is 0.324. The maximum absolute atomic E-state index is 14.1. The molecule has 1 fully saturated rings. The van der Waals surface area contributed by atoms with Gasteiger partial charge in [-0.3, -0.25) is 14.8 Å². The number of carboxylic acids is 1. The standard InChI is InChI=1S/C30H27F2N3O4/c1-17-26(33-29(38)39-18(2)25-23(31)5-4-6-24(25)32)27(35(3)34-17)21-9-7-19(8-10-21)20-11-13-22(14-12-20)30(15-16-30)28(36)37/h4-14,18H,15-16H2,1-3H3,(H,33,38)(H,36,37). The van der Waals surface area contributed by atoms with Gasteiger partial charge in [0, 0.05) is 12.6 Å². The smallest absolute Gasteiger partial charge is 0.412 e. The molecule has 1 saturated carbocycles. The highest BCUT2D eigenvalue weighted by molar-refractivity contribution is 5.92. The van der Waals surface area contributed by atoms with E-state index in [0.29, 0.717) is 29.9 Å². The predicted molar refractivity (Wildman–Crippen MR) is 142 cm³/mol. The van der Waals surface area contributed by atoms with E-state index in [0.717, 1.165) is 34.4 Å². The molecule has 0 aliphatic heterocycles. The van der Waals surface area contributed by atoms with Gasteiger partial charge in [0.2, 0.25) is 0 Å². The summed E-state index contributed by atoms with van der Waals surface area (Å²) in [5, 5.41) is 16.6. The van der Waals surface area contributed by atoms with E-state index in [4.69, 9.17) is 4.74 Å². The number of halogens is 2. The van der Waals surface area contributed by atoms with Crippen molar-refractivity contribution in [2.75, 3.05) is 5.32 Å². The molecule has 39 heavy (non-hydrogen) atoms. The summed E-state index contributed by atoms with van der Waals surface area (Å²) in [6.45, 7) is 3.13. The largest absolute Gasteiger partial charge is 0.481 e. The van der Waals surface area contributed by atoms with Gasteiger partial charge in [-0.05, 0) is 55.5 Å². The van der Waals surface area contributed by atoms with E-state index in [-0.39, 0.29) is 5.56 Å². The number of amides is 1. The van der Waals surface area contributed by atoms with Crippen molar-refractivity contribution in [3.8, 4) is 22.4 Å². The van der Waals surface area contributed by atoms with Gasteiger partial charge in [-0.15, -0.1) is 0 Å².